The molecule has 3 rings (SSSR count). The first-order valence-electron chi connectivity index (χ1n) is 6.90. The Balaban J connectivity index is 1.83. The Morgan fingerprint density at radius 3 is 2.73 bits per heavy atom. The fourth-order valence-electron chi connectivity index (χ4n) is 2.49. The SMILES string of the molecule is CN(Cc1nnc2n1CCC2)S(=O)(=O)c1ccc(C#N)cc1. The van der Waals surface area contributed by atoms with Gasteiger partial charge in [-0.15, -0.1) is 10.2 Å². The number of fused-ring (bicyclic) bond motifs is 1. The molecule has 1 aromatic heterocycles. The van der Waals surface area contributed by atoms with Gasteiger partial charge in [0.2, 0.25) is 10.0 Å². The first kappa shape index (κ1) is 14.7. The Morgan fingerprint density at radius 2 is 2.05 bits per heavy atom. The van der Waals surface area contributed by atoms with Crippen LogP contribution >= 0.6 is 0 Å². The Kier molecular flexibility index (Phi) is 3.68. The number of nitriles is 1. The normalized spacial score (nSPS) is 14.0. The summed E-state index contributed by atoms with van der Waals surface area (Å²) in [5, 5.41) is 16.9. The van der Waals surface area contributed by atoms with Gasteiger partial charge in [0.05, 0.1) is 23.1 Å². The topological polar surface area (TPSA) is 91.9 Å². The van der Waals surface area contributed by atoms with Gasteiger partial charge in [0, 0.05) is 20.0 Å². The van der Waals surface area contributed by atoms with Crippen LogP contribution in [0.15, 0.2) is 29.2 Å². The molecule has 0 atom stereocenters. The van der Waals surface area contributed by atoms with Gasteiger partial charge in [0.1, 0.15) is 11.6 Å². The second-order valence-electron chi connectivity index (χ2n) is 5.18. The summed E-state index contributed by atoms with van der Waals surface area (Å²) in [5.41, 5.74) is 0.428. The van der Waals surface area contributed by atoms with Gasteiger partial charge in [-0.1, -0.05) is 0 Å². The highest BCUT2D eigenvalue weighted by Crippen LogP contribution is 2.19. The van der Waals surface area contributed by atoms with Crippen LogP contribution in [0.25, 0.3) is 0 Å². The van der Waals surface area contributed by atoms with Crippen molar-refractivity contribution in [2.75, 3.05) is 7.05 Å². The van der Waals surface area contributed by atoms with Crippen molar-refractivity contribution in [2.24, 2.45) is 0 Å². The fraction of sp³-hybridized carbons (Fsp3) is 0.357. The molecule has 8 heteroatoms. The second kappa shape index (κ2) is 5.51. The minimum Gasteiger partial charge on any atom is -0.314 e. The van der Waals surface area contributed by atoms with Crippen molar-refractivity contribution in [1.82, 2.24) is 19.1 Å². The minimum atomic E-state index is -3.61. The average molecular weight is 317 g/mol. The van der Waals surface area contributed by atoms with Crippen molar-refractivity contribution in [3.8, 4) is 6.07 Å². The number of rotatable bonds is 4. The zero-order chi connectivity index (χ0) is 15.7. The Bertz CT molecular complexity index is 833. The predicted molar refractivity (Wildman–Crippen MR) is 78.2 cm³/mol. The predicted octanol–water partition coefficient (Wildman–Crippen LogP) is 0.917. The summed E-state index contributed by atoms with van der Waals surface area (Å²) in [7, 11) is -2.10. The van der Waals surface area contributed by atoms with Crippen LogP contribution in [0.3, 0.4) is 0 Å². The lowest BCUT2D eigenvalue weighted by molar-refractivity contribution is 0.447. The summed E-state index contributed by atoms with van der Waals surface area (Å²) in [4.78, 5) is 0.162. The molecule has 0 saturated heterocycles. The van der Waals surface area contributed by atoms with E-state index in [0.717, 1.165) is 25.2 Å². The molecule has 1 aliphatic rings. The van der Waals surface area contributed by atoms with Crippen molar-refractivity contribution in [3.05, 3.63) is 41.5 Å². The maximum atomic E-state index is 12.5. The molecule has 0 saturated carbocycles. The lowest BCUT2D eigenvalue weighted by Crippen LogP contribution is -2.28. The van der Waals surface area contributed by atoms with E-state index in [1.165, 1.54) is 35.6 Å². The summed E-state index contributed by atoms with van der Waals surface area (Å²) < 4.78 is 28.3. The van der Waals surface area contributed by atoms with Crippen molar-refractivity contribution >= 4 is 10.0 Å². The summed E-state index contributed by atoms with van der Waals surface area (Å²) in [6.45, 7) is 1.01. The van der Waals surface area contributed by atoms with Crippen LogP contribution in [0.4, 0.5) is 0 Å². The molecule has 0 amide bonds. The maximum Gasteiger partial charge on any atom is 0.243 e. The van der Waals surface area contributed by atoms with E-state index in [-0.39, 0.29) is 11.4 Å². The molecule has 0 radical (unpaired) electrons. The molecule has 7 nitrogen and oxygen atoms in total. The molecule has 0 N–H and O–H groups in total. The van der Waals surface area contributed by atoms with Crippen molar-refractivity contribution in [3.63, 3.8) is 0 Å². The van der Waals surface area contributed by atoms with Crippen molar-refractivity contribution in [1.29, 1.82) is 5.26 Å². The minimum absolute atomic E-state index is 0.162. The van der Waals surface area contributed by atoms with Gasteiger partial charge in [-0.3, -0.25) is 0 Å². The highest BCUT2D eigenvalue weighted by atomic mass is 32.2. The number of sulfonamides is 1. The van der Waals surface area contributed by atoms with E-state index < -0.39 is 10.0 Å². The van der Waals surface area contributed by atoms with E-state index in [9.17, 15) is 8.42 Å². The number of nitrogens with zero attached hydrogens (tertiary/aromatic N) is 5. The third-order valence-corrected chi connectivity index (χ3v) is 5.56. The lowest BCUT2D eigenvalue weighted by atomic mass is 10.2. The lowest BCUT2D eigenvalue weighted by Gasteiger charge is -2.17. The van der Waals surface area contributed by atoms with Crippen molar-refractivity contribution < 1.29 is 8.42 Å². The summed E-state index contributed by atoms with van der Waals surface area (Å²) in [6.07, 6.45) is 1.91. The van der Waals surface area contributed by atoms with Gasteiger partial charge < -0.3 is 4.57 Å². The smallest absolute Gasteiger partial charge is 0.243 e. The van der Waals surface area contributed by atoms with Crippen LogP contribution in [-0.2, 0) is 29.5 Å². The largest absolute Gasteiger partial charge is 0.314 e. The molecule has 0 spiro atoms. The van der Waals surface area contributed by atoms with E-state index in [2.05, 4.69) is 10.2 Å². The van der Waals surface area contributed by atoms with Crippen molar-refractivity contribution in [2.45, 2.75) is 30.8 Å². The maximum absolute atomic E-state index is 12.5. The molecule has 2 heterocycles. The third kappa shape index (κ3) is 2.49. The van der Waals surface area contributed by atoms with E-state index in [4.69, 9.17) is 5.26 Å². The van der Waals surface area contributed by atoms with Gasteiger partial charge in [0.15, 0.2) is 0 Å². The van der Waals surface area contributed by atoms with Gasteiger partial charge in [-0.25, -0.2) is 8.42 Å². The number of aryl methyl sites for hydroxylation is 1. The summed E-state index contributed by atoms with van der Waals surface area (Å²) in [6, 6.07) is 7.85. The van der Waals surface area contributed by atoms with Crippen LogP contribution < -0.4 is 0 Å². The number of hydrogen-bond donors (Lipinski definition) is 0. The Morgan fingerprint density at radius 1 is 1.32 bits per heavy atom. The molecular formula is C14H15N5O2S. The zero-order valence-corrected chi connectivity index (χ0v) is 12.9. The molecule has 0 unspecified atom stereocenters. The van der Waals surface area contributed by atoms with Gasteiger partial charge in [0.25, 0.3) is 0 Å². The van der Waals surface area contributed by atoms with Crippen LogP contribution in [0.2, 0.25) is 0 Å². The first-order chi connectivity index (χ1) is 10.5. The van der Waals surface area contributed by atoms with Crippen LogP contribution in [0.1, 0.15) is 23.6 Å². The molecule has 0 bridgehead atoms. The highest BCUT2D eigenvalue weighted by Gasteiger charge is 2.25. The van der Waals surface area contributed by atoms with E-state index in [0.29, 0.717) is 11.4 Å². The molecular weight excluding hydrogens is 302 g/mol. The number of benzene rings is 1. The van der Waals surface area contributed by atoms with E-state index in [1.54, 1.807) is 0 Å². The number of hydrogen-bond acceptors (Lipinski definition) is 5. The van der Waals surface area contributed by atoms with Gasteiger partial charge in [-0.05, 0) is 30.7 Å². The average Bonchev–Trinajstić information content (AvgIpc) is 3.12. The highest BCUT2D eigenvalue weighted by molar-refractivity contribution is 7.89. The third-order valence-electron chi connectivity index (χ3n) is 3.74. The Hall–Kier alpha value is -2.24. The molecule has 0 fully saturated rings. The van der Waals surface area contributed by atoms with E-state index in [1.807, 2.05) is 10.6 Å². The molecule has 114 valence electrons. The molecule has 0 aliphatic carbocycles. The quantitative estimate of drug-likeness (QED) is 0.836. The molecule has 1 aromatic carbocycles. The first-order valence-corrected chi connectivity index (χ1v) is 8.34. The summed E-state index contributed by atoms with van der Waals surface area (Å²) >= 11 is 0. The molecule has 1 aliphatic heterocycles. The zero-order valence-electron chi connectivity index (χ0n) is 12.1. The Labute approximate surface area is 128 Å². The molecule has 2 aromatic rings. The van der Waals surface area contributed by atoms with Crippen LogP contribution in [-0.4, -0.2) is 34.5 Å². The van der Waals surface area contributed by atoms with Crippen LogP contribution in [0.5, 0.6) is 0 Å². The van der Waals surface area contributed by atoms with E-state index >= 15 is 0 Å². The number of aromatic nitrogens is 3. The standard InChI is InChI=1S/C14H15N5O2S/c1-18(10-14-17-16-13-3-2-8-19(13)14)22(20,21)12-6-4-11(9-15)5-7-12/h4-7H,2-3,8,10H2,1H3. The second-order valence-corrected chi connectivity index (χ2v) is 7.23. The fourth-order valence-corrected chi connectivity index (χ4v) is 3.62. The monoisotopic (exact) mass is 317 g/mol. The van der Waals surface area contributed by atoms with Gasteiger partial charge in [-0.2, -0.15) is 9.57 Å². The van der Waals surface area contributed by atoms with Gasteiger partial charge >= 0.3 is 0 Å². The summed E-state index contributed by atoms with van der Waals surface area (Å²) in [5.74, 6) is 1.58. The molecule has 22 heavy (non-hydrogen) atoms. The van der Waals surface area contributed by atoms with Crippen LogP contribution in [0, 0.1) is 11.3 Å².